The van der Waals surface area contributed by atoms with Crippen molar-refractivity contribution < 1.29 is 4.79 Å². The van der Waals surface area contributed by atoms with Gasteiger partial charge in [-0.05, 0) is 36.8 Å². The maximum atomic E-state index is 12.2. The van der Waals surface area contributed by atoms with Crippen LogP contribution in [0, 0.1) is 6.92 Å². The second-order valence-corrected chi connectivity index (χ2v) is 8.46. The first-order valence-electron chi connectivity index (χ1n) is 9.47. The quantitative estimate of drug-likeness (QED) is 0.689. The second-order valence-electron chi connectivity index (χ2n) is 7.01. The molecule has 0 unspecified atom stereocenters. The van der Waals surface area contributed by atoms with Crippen molar-refractivity contribution in [3.63, 3.8) is 0 Å². The number of aryl methyl sites for hydroxylation is 1. The summed E-state index contributed by atoms with van der Waals surface area (Å²) in [7, 11) is 0. The maximum Gasteiger partial charge on any atom is 0.251 e. The predicted octanol–water partition coefficient (Wildman–Crippen LogP) is 3.81. The molecular weight excluding hydrogens is 392 g/mol. The Morgan fingerprint density at radius 3 is 2.71 bits per heavy atom. The van der Waals surface area contributed by atoms with Crippen molar-refractivity contribution in [2.75, 3.05) is 44.2 Å². The fourth-order valence-electron chi connectivity index (χ4n) is 3.43. The van der Waals surface area contributed by atoms with E-state index in [0.717, 1.165) is 43.4 Å². The highest BCUT2D eigenvalue weighted by atomic mass is 35.5. The number of benzene rings is 2. The van der Waals surface area contributed by atoms with Gasteiger partial charge in [0, 0.05) is 49.9 Å². The molecule has 1 saturated heterocycles. The number of thiazole rings is 1. The largest absolute Gasteiger partial charge is 0.351 e. The van der Waals surface area contributed by atoms with Gasteiger partial charge in [0.15, 0.2) is 5.13 Å². The smallest absolute Gasteiger partial charge is 0.251 e. The van der Waals surface area contributed by atoms with Gasteiger partial charge < -0.3 is 10.2 Å². The lowest BCUT2D eigenvalue weighted by Crippen LogP contribution is -2.48. The highest BCUT2D eigenvalue weighted by molar-refractivity contribution is 7.22. The van der Waals surface area contributed by atoms with Gasteiger partial charge in [-0.15, -0.1) is 0 Å². The molecule has 1 N–H and O–H groups in total. The first-order chi connectivity index (χ1) is 13.6. The normalized spacial score (nSPS) is 15.1. The molecule has 7 heteroatoms. The minimum Gasteiger partial charge on any atom is -0.351 e. The van der Waals surface area contributed by atoms with E-state index in [1.807, 2.05) is 0 Å². The lowest BCUT2D eigenvalue weighted by atomic mass is 10.2. The Hall–Kier alpha value is -2.15. The molecule has 1 aromatic heterocycles. The molecule has 0 saturated carbocycles. The van der Waals surface area contributed by atoms with Crippen molar-refractivity contribution in [2.24, 2.45) is 0 Å². The topological polar surface area (TPSA) is 48.5 Å². The summed E-state index contributed by atoms with van der Waals surface area (Å²) in [4.78, 5) is 21.8. The molecular formula is C21H23ClN4OS. The number of carbonyl (C=O) groups is 1. The summed E-state index contributed by atoms with van der Waals surface area (Å²) in [5, 5.41) is 4.66. The van der Waals surface area contributed by atoms with Crippen LogP contribution >= 0.6 is 22.9 Å². The number of halogens is 1. The molecule has 1 amide bonds. The molecule has 1 fully saturated rings. The van der Waals surface area contributed by atoms with Crippen molar-refractivity contribution >= 4 is 44.2 Å². The monoisotopic (exact) mass is 414 g/mol. The average molecular weight is 415 g/mol. The van der Waals surface area contributed by atoms with Gasteiger partial charge in [-0.25, -0.2) is 4.98 Å². The van der Waals surface area contributed by atoms with Crippen LogP contribution in [-0.2, 0) is 0 Å². The SMILES string of the molecule is Cc1cccc2sc(N3CCN(CCNC(=O)c4cccc(Cl)c4)CC3)nc12. The Morgan fingerprint density at radius 1 is 1.18 bits per heavy atom. The van der Waals surface area contributed by atoms with Gasteiger partial charge in [-0.3, -0.25) is 9.69 Å². The Bertz CT molecular complexity index is 981. The van der Waals surface area contributed by atoms with Crippen molar-refractivity contribution in [3.8, 4) is 0 Å². The minimum atomic E-state index is -0.0778. The number of rotatable bonds is 5. The fraction of sp³-hybridized carbons (Fsp3) is 0.333. The highest BCUT2D eigenvalue weighted by Crippen LogP contribution is 2.30. The molecule has 0 radical (unpaired) electrons. The Morgan fingerprint density at radius 2 is 1.96 bits per heavy atom. The number of nitrogens with zero attached hydrogens (tertiary/aromatic N) is 3. The number of carbonyl (C=O) groups excluding carboxylic acids is 1. The summed E-state index contributed by atoms with van der Waals surface area (Å²) < 4.78 is 1.25. The molecule has 1 aliphatic rings. The number of nitrogens with one attached hydrogen (secondary N) is 1. The molecule has 2 aromatic carbocycles. The standard InChI is InChI=1S/C21H23ClN4OS/c1-15-4-2-7-18-19(15)24-21(28-18)26-12-10-25(11-13-26)9-8-23-20(27)16-5-3-6-17(22)14-16/h2-7,14H,8-13H2,1H3,(H,23,27). The highest BCUT2D eigenvalue weighted by Gasteiger charge is 2.20. The van der Waals surface area contributed by atoms with Gasteiger partial charge in [0.25, 0.3) is 5.91 Å². The number of anilines is 1. The summed E-state index contributed by atoms with van der Waals surface area (Å²) in [5.74, 6) is -0.0778. The number of hydrogen-bond donors (Lipinski definition) is 1. The molecule has 28 heavy (non-hydrogen) atoms. The molecule has 0 spiro atoms. The van der Waals surface area contributed by atoms with E-state index in [1.54, 1.807) is 35.6 Å². The van der Waals surface area contributed by atoms with Crippen molar-refractivity contribution in [2.45, 2.75) is 6.92 Å². The number of amides is 1. The lowest BCUT2D eigenvalue weighted by molar-refractivity contribution is 0.0948. The summed E-state index contributed by atoms with van der Waals surface area (Å²) >= 11 is 7.71. The Kier molecular flexibility index (Phi) is 5.80. The number of fused-ring (bicyclic) bond motifs is 1. The Balaban J connectivity index is 1.26. The first kappa shape index (κ1) is 19.2. The molecule has 2 heterocycles. The summed E-state index contributed by atoms with van der Waals surface area (Å²) in [6, 6.07) is 13.4. The molecule has 1 aliphatic heterocycles. The zero-order valence-electron chi connectivity index (χ0n) is 15.8. The Labute approximate surface area is 173 Å². The van der Waals surface area contributed by atoms with Crippen LogP contribution in [0.2, 0.25) is 5.02 Å². The molecule has 146 valence electrons. The van der Waals surface area contributed by atoms with E-state index in [2.05, 4.69) is 40.2 Å². The first-order valence-corrected chi connectivity index (χ1v) is 10.7. The van der Waals surface area contributed by atoms with Crippen LogP contribution < -0.4 is 10.2 Å². The third-order valence-corrected chi connectivity index (χ3v) is 6.37. The maximum absolute atomic E-state index is 12.2. The lowest BCUT2D eigenvalue weighted by Gasteiger charge is -2.34. The van der Waals surface area contributed by atoms with Crippen molar-refractivity contribution in [1.29, 1.82) is 0 Å². The van der Waals surface area contributed by atoms with Gasteiger partial charge >= 0.3 is 0 Å². The molecule has 5 nitrogen and oxygen atoms in total. The van der Waals surface area contributed by atoms with Gasteiger partial charge in [0.1, 0.15) is 0 Å². The summed E-state index contributed by atoms with van der Waals surface area (Å²) in [6.07, 6.45) is 0. The molecule has 4 rings (SSSR count). The van der Waals surface area contributed by atoms with Crippen molar-refractivity contribution in [1.82, 2.24) is 15.2 Å². The number of hydrogen-bond acceptors (Lipinski definition) is 5. The third-order valence-electron chi connectivity index (χ3n) is 5.05. The van der Waals surface area contributed by atoms with E-state index >= 15 is 0 Å². The average Bonchev–Trinajstić information content (AvgIpc) is 3.14. The van der Waals surface area contributed by atoms with Crippen molar-refractivity contribution in [3.05, 3.63) is 58.6 Å². The number of aromatic nitrogens is 1. The van der Waals surface area contributed by atoms with Crippen LogP contribution in [0.5, 0.6) is 0 Å². The third kappa shape index (κ3) is 4.29. The summed E-state index contributed by atoms with van der Waals surface area (Å²) in [5.41, 5.74) is 2.95. The van der Waals surface area contributed by atoms with Gasteiger partial charge in [0.2, 0.25) is 0 Å². The second kappa shape index (κ2) is 8.47. The fourth-order valence-corrected chi connectivity index (χ4v) is 4.72. The van der Waals surface area contributed by atoms with E-state index < -0.39 is 0 Å². The van der Waals surface area contributed by atoms with Gasteiger partial charge in [0.05, 0.1) is 10.2 Å². The van der Waals surface area contributed by atoms with Crippen LogP contribution in [0.1, 0.15) is 15.9 Å². The van der Waals surface area contributed by atoms with Crippen LogP contribution in [-0.4, -0.2) is 55.1 Å². The van der Waals surface area contributed by atoms with Crippen LogP contribution in [0.4, 0.5) is 5.13 Å². The van der Waals surface area contributed by atoms with E-state index in [4.69, 9.17) is 16.6 Å². The van der Waals surface area contributed by atoms with E-state index in [0.29, 0.717) is 17.1 Å². The van der Waals surface area contributed by atoms with E-state index in [-0.39, 0.29) is 5.91 Å². The van der Waals surface area contributed by atoms with Gasteiger partial charge in [-0.1, -0.05) is 41.1 Å². The van der Waals surface area contributed by atoms with Crippen LogP contribution in [0.25, 0.3) is 10.2 Å². The van der Waals surface area contributed by atoms with Gasteiger partial charge in [-0.2, -0.15) is 0 Å². The van der Waals surface area contributed by atoms with E-state index in [9.17, 15) is 4.79 Å². The predicted molar refractivity (Wildman–Crippen MR) is 117 cm³/mol. The molecule has 0 bridgehead atoms. The summed E-state index contributed by atoms with van der Waals surface area (Å²) in [6.45, 7) is 7.46. The molecule has 0 aliphatic carbocycles. The zero-order valence-corrected chi connectivity index (χ0v) is 17.4. The van der Waals surface area contributed by atoms with Crippen LogP contribution in [0.15, 0.2) is 42.5 Å². The number of para-hydroxylation sites is 1. The molecule has 0 atom stereocenters. The van der Waals surface area contributed by atoms with Crippen LogP contribution in [0.3, 0.4) is 0 Å². The van der Waals surface area contributed by atoms with E-state index in [1.165, 1.54) is 10.3 Å². The molecule has 3 aromatic rings. The zero-order chi connectivity index (χ0) is 19.5. The minimum absolute atomic E-state index is 0.0778. The number of piperazine rings is 1.